The molecule has 2 atom stereocenters. The number of carbonyl (C=O) groups excluding carboxylic acids is 1. The fraction of sp³-hybridized carbons (Fsp3) is 0.562. The molecule has 2 rings (SSSR count). The van der Waals surface area contributed by atoms with Gasteiger partial charge < -0.3 is 9.88 Å². The number of rotatable bonds is 4. The molecule has 0 spiro atoms. The van der Waals surface area contributed by atoms with E-state index in [1.807, 2.05) is 24.3 Å². The first-order valence-corrected chi connectivity index (χ1v) is 10.2. The molecule has 1 amide bonds. The Labute approximate surface area is 134 Å². The van der Waals surface area contributed by atoms with Gasteiger partial charge >= 0.3 is 6.18 Å². The first-order valence-electron chi connectivity index (χ1n) is 7.57. The summed E-state index contributed by atoms with van der Waals surface area (Å²) < 4.78 is 51.0. The highest BCUT2D eigenvalue weighted by atomic mass is 31.2. The smallest absolute Gasteiger partial charge is 0.349 e. The second-order valence-corrected chi connectivity index (χ2v) is 9.90. The summed E-state index contributed by atoms with van der Waals surface area (Å²) in [7, 11) is -3.46. The summed E-state index contributed by atoms with van der Waals surface area (Å²) in [6, 6.07) is 7.36. The quantitative estimate of drug-likeness (QED) is 0.833. The van der Waals surface area contributed by atoms with E-state index in [9.17, 15) is 22.5 Å². The first-order chi connectivity index (χ1) is 10.6. The number of carbonyl (C=O) groups is 1. The Morgan fingerprint density at radius 2 is 2.00 bits per heavy atom. The van der Waals surface area contributed by atoms with Crippen LogP contribution in [-0.4, -0.2) is 31.1 Å². The number of fused-ring (bicyclic) bond motifs is 1. The lowest BCUT2D eigenvalue weighted by atomic mass is 9.87. The SMILES string of the molecule is CP(C)(=O)C(CC(=O)N[C@H]1CCCc2ccccc21)C(F)(F)F. The Bertz CT molecular complexity index is 624. The highest BCUT2D eigenvalue weighted by Gasteiger charge is 2.48. The van der Waals surface area contributed by atoms with Gasteiger partial charge in [0.2, 0.25) is 5.91 Å². The summed E-state index contributed by atoms with van der Waals surface area (Å²) >= 11 is 0. The largest absolute Gasteiger partial charge is 0.398 e. The lowest BCUT2D eigenvalue weighted by Gasteiger charge is -2.28. The molecule has 1 N–H and O–H groups in total. The Morgan fingerprint density at radius 3 is 2.61 bits per heavy atom. The van der Waals surface area contributed by atoms with E-state index < -0.39 is 31.3 Å². The van der Waals surface area contributed by atoms with Crippen molar-refractivity contribution >= 4 is 13.0 Å². The molecule has 0 bridgehead atoms. The van der Waals surface area contributed by atoms with Crippen LogP contribution in [0.25, 0.3) is 0 Å². The van der Waals surface area contributed by atoms with Crippen molar-refractivity contribution in [3.63, 3.8) is 0 Å². The minimum atomic E-state index is -4.64. The molecule has 0 saturated carbocycles. The zero-order valence-electron chi connectivity index (χ0n) is 13.2. The van der Waals surface area contributed by atoms with Crippen LogP contribution in [0, 0.1) is 0 Å². The molecule has 1 aliphatic carbocycles. The molecular formula is C16H21F3NO2P. The summed E-state index contributed by atoms with van der Waals surface area (Å²) in [6.45, 7) is 2.16. The van der Waals surface area contributed by atoms with E-state index in [0.29, 0.717) is 6.42 Å². The van der Waals surface area contributed by atoms with Gasteiger partial charge in [-0.1, -0.05) is 24.3 Å². The van der Waals surface area contributed by atoms with E-state index in [1.165, 1.54) is 0 Å². The average Bonchev–Trinajstić information content (AvgIpc) is 2.43. The number of amides is 1. The zero-order chi connectivity index (χ0) is 17.3. The predicted octanol–water partition coefficient (Wildman–Crippen LogP) is 4.12. The van der Waals surface area contributed by atoms with Crippen LogP contribution in [0.15, 0.2) is 24.3 Å². The molecular weight excluding hydrogens is 326 g/mol. The maximum atomic E-state index is 13.0. The van der Waals surface area contributed by atoms with Gasteiger partial charge in [-0.05, 0) is 43.7 Å². The van der Waals surface area contributed by atoms with Crippen LogP contribution < -0.4 is 5.32 Å². The molecule has 23 heavy (non-hydrogen) atoms. The molecule has 3 nitrogen and oxygen atoms in total. The number of benzene rings is 1. The van der Waals surface area contributed by atoms with Gasteiger partial charge in [-0.2, -0.15) is 13.2 Å². The van der Waals surface area contributed by atoms with Gasteiger partial charge in [-0.3, -0.25) is 4.79 Å². The molecule has 0 aromatic heterocycles. The van der Waals surface area contributed by atoms with Crippen LogP contribution in [0.5, 0.6) is 0 Å². The molecule has 0 radical (unpaired) electrons. The Hall–Kier alpha value is -1.29. The van der Waals surface area contributed by atoms with Crippen molar-refractivity contribution in [2.24, 2.45) is 0 Å². The number of hydrogen-bond acceptors (Lipinski definition) is 2. The summed E-state index contributed by atoms with van der Waals surface area (Å²) in [6.07, 6.45) is -2.93. The third-order valence-electron chi connectivity index (χ3n) is 4.21. The van der Waals surface area contributed by atoms with Gasteiger partial charge in [0, 0.05) is 6.42 Å². The molecule has 7 heteroatoms. The second kappa shape index (κ2) is 6.68. The molecule has 0 fully saturated rings. The Kier molecular flexibility index (Phi) is 5.24. The van der Waals surface area contributed by atoms with Crippen LogP contribution in [0.3, 0.4) is 0 Å². The van der Waals surface area contributed by atoms with Crippen LogP contribution in [0.2, 0.25) is 0 Å². The highest BCUT2D eigenvalue weighted by Crippen LogP contribution is 2.51. The predicted molar refractivity (Wildman–Crippen MR) is 84.2 cm³/mol. The van der Waals surface area contributed by atoms with Gasteiger partial charge in [0.25, 0.3) is 0 Å². The van der Waals surface area contributed by atoms with Crippen LogP contribution in [-0.2, 0) is 15.8 Å². The monoisotopic (exact) mass is 347 g/mol. The summed E-state index contributed by atoms with van der Waals surface area (Å²) in [5, 5.41) is 2.69. The summed E-state index contributed by atoms with van der Waals surface area (Å²) in [5.74, 6) is -0.696. The number of hydrogen-bond donors (Lipinski definition) is 1. The normalized spacial score (nSPS) is 19.8. The third kappa shape index (κ3) is 4.60. The van der Waals surface area contributed by atoms with Crippen molar-refractivity contribution in [2.45, 2.75) is 43.6 Å². The standard InChI is InChI=1S/C16H21F3NO2P/c1-23(2,22)14(16(17,18)19)10-15(21)20-13-9-5-7-11-6-3-4-8-12(11)13/h3-4,6,8,13-14H,5,7,9-10H2,1-2H3,(H,20,21)/t13-,14?/m0/s1. The fourth-order valence-electron chi connectivity index (χ4n) is 3.02. The van der Waals surface area contributed by atoms with E-state index in [-0.39, 0.29) is 6.04 Å². The van der Waals surface area contributed by atoms with E-state index in [1.54, 1.807) is 0 Å². The molecule has 0 saturated heterocycles. The van der Waals surface area contributed by atoms with E-state index in [0.717, 1.165) is 37.3 Å². The van der Waals surface area contributed by atoms with E-state index >= 15 is 0 Å². The number of alkyl halides is 3. The van der Waals surface area contributed by atoms with Crippen molar-refractivity contribution < 1.29 is 22.5 Å². The zero-order valence-corrected chi connectivity index (χ0v) is 14.1. The number of halogens is 3. The van der Waals surface area contributed by atoms with Crippen molar-refractivity contribution in [1.29, 1.82) is 0 Å². The Balaban J connectivity index is 2.10. The fourth-order valence-corrected chi connectivity index (χ4v) is 4.33. The van der Waals surface area contributed by atoms with Crippen molar-refractivity contribution in [2.75, 3.05) is 13.3 Å². The van der Waals surface area contributed by atoms with Gasteiger partial charge in [0.15, 0.2) is 0 Å². The Morgan fingerprint density at radius 1 is 1.35 bits per heavy atom. The number of aryl methyl sites for hydroxylation is 1. The van der Waals surface area contributed by atoms with Crippen LogP contribution in [0.4, 0.5) is 13.2 Å². The summed E-state index contributed by atoms with van der Waals surface area (Å²) in [4.78, 5) is 12.1. The molecule has 128 valence electrons. The average molecular weight is 347 g/mol. The topological polar surface area (TPSA) is 46.2 Å². The van der Waals surface area contributed by atoms with Gasteiger partial charge in [-0.15, -0.1) is 0 Å². The molecule has 1 unspecified atom stereocenters. The second-order valence-electron chi connectivity index (χ2n) is 6.41. The lowest BCUT2D eigenvalue weighted by Crippen LogP contribution is -2.37. The highest BCUT2D eigenvalue weighted by molar-refractivity contribution is 7.63. The van der Waals surface area contributed by atoms with Crippen LogP contribution in [0.1, 0.15) is 36.4 Å². The molecule has 1 aromatic carbocycles. The van der Waals surface area contributed by atoms with Crippen molar-refractivity contribution in [3.8, 4) is 0 Å². The molecule has 0 aliphatic heterocycles. The molecule has 1 aromatic rings. The minimum Gasteiger partial charge on any atom is -0.349 e. The molecule has 0 heterocycles. The van der Waals surface area contributed by atoms with Crippen molar-refractivity contribution in [1.82, 2.24) is 5.32 Å². The lowest BCUT2D eigenvalue weighted by molar-refractivity contribution is -0.141. The van der Waals surface area contributed by atoms with Gasteiger partial charge in [0.05, 0.1) is 13.2 Å². The van der Waals surface area contributed by atoms with Gasteiger partial charge in [-0.25, -0.2) is 0 Å². The van der Waals surface area contributed by atoms with Crippen molar-refractivity contribution in [3.05, 3.63) is 35.4 Å². The van der Waals surface area contributed by atoms with Crippen LogP contribution >= 0.6 is 7.14 Å². The number of nitrogens with one attached hydrogen (secondary N) is 1. The maximum Gasteiger partial charge on any atom is 0.398 e. The van der Waals surface area contributed by atoms with E-state index in [2.05, 4.69) is 5.32 Å². The third-order valence-corrected chi connectivity index (χ3v) is 6.19. The molecule has 1 aliphatic rings. The van der Waals surface area contributed by atoms with E-state index in [4.69, 9.17) is 0 Å². The first kappa shape index (κ1) is 18.1. The maximum absolute atomic E-state index is 13.0. The van der Waals surface area contributed by atoms with Gasteiger partial charge in [0.1, 0.15) is 5.66 Å². The minimum absolute atomic E-state index is 0.269. The summed E-state index contributed by atoms with van der Waals surface area (Å²) in [5.41, 5.74) is -0.00579.